The van der Waals surface area contributed by atoms with Gasteiger partial charge >= 0.3 is 0 Å². The second-order valence-corrected chi connectivity index (χ2v) is 40.6. The van der Waals surface area contributed by atoms with E-state index in [0.29, 0.717) is 0 Å². The third-order valence-electron chi connectivity index (χ3n) is 32.9. The van der Waals surface area contributed by atoms with Gasteiger partial charge in [-0.1, -0.05) is 282 Å². The minimum atomic E-state index is -0.0575. The highest BCUT2D eigenvalue weighted by atomic mass is 16.3. The largest absolute Gasteiger partial charge is 0.456 e. The Morgan fingerprint density at radius 3 is 1.04 bits per heavy atom. The fourth-order valence-corrected chi connectivity index (χ4v) is 27.1. The number of furan rings is 5. The normalized spacial score (nSPS) is 13.7. The lowest BCUT2D eigenvalue weighted by Gasteiger charge is -2.22. The van der Waals surface area contributed by atoms with Gasteiger partial charge in [0.15, 0.2) is 0 Å². The average molecular weight is 1810 g/mol. The van der Waals surface area contributed by atoms with E-state index >= 15 is 0 Å². The second kappa shape index (κ2) is 26.5. The molecule has 2 aliphatic rings. The van der Waals surface area contributed by atoms with Crippen molar-refractivity contribution in [2.75, 3.05) is 0 Å². The maximum absolute atomic E-state index is 6.42. The summed E-state index contributed by atoms with van der Waals surface area (Å²) in [4.78, 5) is 0. The predicted molar refractivity (Wildman–Crippen MR) is 590 cm³/mol. The molecule has 37 rings (SSSR count). The molecule has 35 aromatic rings. The highest BCUT2D eigenvalue weighted by Crippen LogP contribution is 2.59. The molecule has 10 nitrogen and oxygen atoms in total. The minimum absolute atomic E-state index is 0.0503. The Hall–Kier alpha value is -18.4. The molecule has 14 heterocycles. The molecule has 660 valence electrons. The molecule has 0 bridgehead atoms. The van der Waals surface area contributed by atoms with E-state index in [9.17, 15) is 0 Å². The molecular formula is C132H77N5O5. The SMILES string of the molecule is CC1(C)c2ccccc2-c2cc3c4cc5c(cc4n4c6ccccc6c(c21)c34)oc1ccccc15.CC1(C)c2ccccc2-c2ccc3c(c21)c1cccc2c4cc5c(cc4n3c21)oc1ccccc15.c1ccc(-n2c3ccccc3c3cc4c(cc32)c2cccc3c5cc6c(cc5n4c32)oc2ccccc26)cc1.c1ccc2c(c1)oc1cc3c(cc12)c1cccc2c4c5oc6ccccc6c5ccc4n3c12. The zero-order valence-electron chi connectivity index (χ0n) is 77.3. The molecule has 0 aliphatic heterocycles. The van der Waals surface area contributed by atoms with E-state index in [-0.39, 0.29) is 10.8 Å². The zero-order valence-corrected chi connectivity index (χ0v) is 77.3. The van der Waals surface area contributed by atoms with Gasteiger partial charge in [-0.25, -0.2) is 0 Å². The number of rotatable bonds is 1. The Bertz CT molecular complexity index is 11800. The predicted octanol–water partition coefficient (Wildman–Crippen LogP) is 36.6. The summed E-state index contributed by atoms with van der Waals surface area (Å²) in [7, 11) is 0. The molecule has 0 spiro atoms. The molecule has 0 amide bonds. The van der Waals surface area contributed by atoms with Crippen LogP contribution < -0.4 is 0 Å². The number of para-hydroxylation sites is 11. The second-order valence-electron chi connectivity index (χ2n) is 40.6. The van der Waals surface area contributed by atoms with Crippen LogP contribution in [0.5, 0.6) is 0 Å². The van der Waals surface area contributed by atoms with Crippen molar-refractivity contribution in [1.82, 2.24) is 22.2 Å². The van der Waals surface area contributed by atoms with E-state index < -0.39 is 0 Å². The first-order chi connectivity index (χ1) is 70.0. The molecule has 0 radical (unpaired) electrons. The summed E-state index contributed by atoms with van der Waals surface area (Å²) in [5.41, 5.74) is 39.0. The first kappa shape index (κ1) is 75.8. The molecule has 0 unspecified atom stereocenters. The summed E-state index contributed by atoms with van der Waals surface area (Å²) in [5.74, 6) is 0. The Morgan fingerprint density at radius 2 is 0.514 bits per heavy atom. The first-order valence-electron chi connectivity index (χ1n) is 49.2. The highest BCUT2D eigenvalue weighted by Gasteiger charge is 2.42. The fourth-order valence-electron chi connectivity index (χ4n) is 27.1. The minimum Gasteiger partial charge on any atom is -0.456 e. The summed E-state index contributed by atoms with van der Waals surface area (Å²) in [5, 5.41) is 34.9. The molecule has 0 saturated carbocycles. The van der Waals surface area contributed by atoms with Crippen molar-refractivity contribution >= 4 is 284 Å². The van der Waals surface area contributed by atoms with Gasteiger partial charge in [-0.3, -0.25) is 0 Å². The summed E-state index contributed by atoms with van der Waals surface area (Å²) >= 11 is 0. The summed E-state index contributed by atoms with van der Waals surface area (Å²) in [6.45, 7) is 9.52. The molecule has 0 atom stereocenters. The van der Waals surface area contributed by atoms with Crippen LogP contribution in [0.1, 0.15) is 49.9 Å². The number of hydrogen-bond acceptors (Lipinski definition) is 5. The van der Waals surface area contributed by atoms with E-state index in [2.05, 4.69) is 402 Å². The lowest BCUT2D eigenvalue weighted by atomic mass is 9.80. The maximum atomic E-state index is 6.42. The van der Waals surface area contributed by atoms with Crippen LogP contribution in [-0.4, -0.2) is 22.2 Å². The van der Waals surface area contributed by atoms with Gasteiger partial charge in [-0.15, -0.1) is 0 Å². The topological polar surface area (TPSA) is 88.3 Å². The number of hydrogen-bond donors (Lipinski definition) is 0. The van der Waals surface area contributed by atoms with Crippen molar-refractivity contribution in [3.63, 3.8) is 0 Å². The van der Waals surface area contributed by atoms with Gasteiger partial charge in [0.25, 0.3) is 0 Å². The van der Waals surface area contributed by atoms with Crippen molar-refractivity contribution in [3.05, 3.63) is 417 Å². The number of fused-ring (bicyclic) bond motifs is 51. The molecule has 2 aliphatic carbocycles. The van der Waals surface area contributed by atoms with Crippen LogP contribution in [-0.2, 0) is 10.8 Å². The van der Waals surface area contributed by atoms with Crippen LogP contribution in [0.4, 0.5) is 0 Å². The third kappa shape index (κ3) is 9.45. The number of aromatic nitrogens is 5. The van der Waals surface area contributed by atoms with Gasteiger partial charge in [0.05, 0.1) is 82.6 Å². The molecule has 21 aromatic carbocycles. The Labute approximate surface area is 805 Å². The molecule has 0 fully saturated rings. The van der Waals surface area contributed by atoms with Crippen LogP contribution >= 0.6 is 0 Å². The van der Waals surface area contributed by atoms with Crippen molar-refractivity contribution in [2.45, 2.75) is 38.5 Å². The monoisotopic (exact) mass is 1810 g/mol. The van der Waals surface area contributed by atoms with Gasteiger partial charge in [-0.2, -0.15) is 0 Å². The standard InChI is InChI=1S/C36H20N2O.2C33H21NO.C30H15NO2/c1-2-9-21(10-3-1)37-30-15-6-4-11-22(30)27-18-32-28(19-31(27)37)25-14-8-13-24-26-17-29-23-12-5-7-16-34(23)39-35(29)20-33(26)38(32)36(24)25;1-33(2)25-12-6-3-9-18(25)23-16-24-21-15-22-19-10-5-8-14-28(19)35-29(22)17-27(21)34-26-13-7-4-11-20(26)30(31(23)33)32(24)34;1-33(2)25-12-5-3-8-18(25)20-14-15-26-30(31(20)33)22-11-7-10-21-23-16-24-19-9-4-6-13-28(19)35-29(24)17-27(23)34(26)32(21)22;1-4-11-26-16(6-1)19-12-13-23-28(30(19)33-26)20-9-5-8-18-21-14-22-17-7-2-3-10-25(17)32-27(22)15-24(21)31(23)29(18)20/h1-20H;2*3-17H,1-2H3;1-15H. The Balaban J connectivity index is 0.0000000823. The van der Waals surface area contributed by atoms with Gasteiger partial charge in [-0.05, 0) is 160 Å². The van der Waals surface area contributed by atoms with Crippen LogP contribution in [0.15, 0.2) is 416 Å². The molecule has 142 heavy (non-hydrogen) atoms. The molecule has 10 heteroatoms. The van der Waals surface area contributed by atoms with Crippen LogP contribution in [0.25, 0.3) is 312 Å². The molecule has 14 aromatic heterocycles. The lowest BCUT2D eigenvalue weighted by molar-refractivity contribution is 0.666. The first-order valence-corrected chi connectivity index (χ1v) is 49.2. The van der Waals surface area contributed by atoms with Gasteiger partial charge in [0.2, 0.25) is 0 Å². The summed E-state index contributed by atoms with van der Waals surface area (Å²) in [6, 6.07) is 142. The Morgan fingerprint density at radius 1 is 0.169 bits per heavy atom. The number of benzene rings is 21. The van der Waals surface area contributed by atoms with Crippen LogP contribution in [0, 0.1) is 0 Å². The van der Waals surface area contributed by atoms with E-state index in [4.69, 9.17) is 22.1 Å². The van der Waals surface area contributed by atoms with Crippen LogP contribution in [0.3, 0.4) is 0 Å². The molecule has 0 saturated heterocycles. The van der Waals surface area contributed by atoms with Gasteiger partial charge < -0.3 is 44.3 Å². The fraction of sp³-hybridized carbons (Fsp3) is 0.0455. The van der Waals surface area contributed by atoms with Crippen molar-refractivity contribution < 1.29 is 22.1 Å². The summed E-state index contributed by atoms with van der Waals surface area (Å²) in [6.07, 6.45) is 0. The lowest BCUT2D eigenvalue weighted by Crippen LogP contribution is -2.15. The molecule has 0 N–H and O–H groups in total. The van der Waals surface area contributed by atoms with Gasteiger partial charge in [0.1, 0.15) is 55.8 Å². The maximum Gasteiger partial charge on any atom is 0.145 e. The quantitative estimate of drug-likeness (QED) is 0.163. The van der Waals surface area contributed by atoms with Crippen molar-refractivity contribution in [1.29, 1.82) is 0 Å². The third-order valence-corrected chi connectivity index (χ3v) is 32.9. The highest BCUT2D eigenvalue weighted by molar-refractivity contribution is 6.35. The van der Waals surface area contributed by atoms with Gasteiger partial charge in [0, 0.05) is 186 Å². The van der Waals surface area contributed by atoms with Crippen molar-refractivity contribution in [3.8, 4) is 27.9 Å². The smallest absolute Gasteiger partial charge is 0.145 e. The summed E-state index contributed by atoms with van der Waals surface area (Å²) < 4.78 is 43.8. The Kier molecular flexibility index (Phi) is 14.1. The van der Waals surface area contributed by atoms with Crippen molar-refractivity contribution in [2.24, 2.45) is 0 Å². The van der Waals surface area contributed by atoms with E-state index in [0.717, 1.165) is 77.4 Å². The zero-order chi connectivity index (χ0) is 92.6. The van der Waals surface area contributed by atoms with E-state index in [1.165, 1.54) is 257 Å². The average Bonchev–Trinajstić information content (AvgIpc) is 1.50. The van der Waals surface area contributed by atoms with E-state index in [1.54, 1.807) is 0 Å². The molecular weight excluding hydrogens is 1740 g/mol. The van der Waals surface area contributed by atoms with Crippen LogP contribution in [0.2, 0.25) is 0 Å². The van der Waals surface area contributed by atoms with E-state index in [1.807, 2.05) is 42.5 Å². The number of nitrogens with zero attached hydrogens (tertiary/aromatic N) is 5.